The van der Waals surface area contributed by atoms with Crippen LogP contribution in [0, 0.1) is 0 Å². The monoisotopic (exact) mass is 181 g/mol. The van der Waals surface area contributed by atoms with Gasteiger partial charge in [-0.1, -0.05) is 0 Å². The van der Waals surface area contributed by atoms with Gasteiger partial charge in [0.15, 0.2) is 0 Å². The SMILES string of the molecule is Cn1ncc2nc(CCl)ccc21. The molecule has 0 N–H and O–H groups in total. The summed E-state index contributed by atoms with van der Waals surface area (Å²) in [5.74, 6) is 0.449. The zero-order valence-corrected chi connectivity index (χ0v) is 7.41. The van der Waals surface area contributed by atoms with E-state index in [-0.39, 0.29) is 0 Å². The first-order chi connectivity index (χ1) is 5.81. The van der Waals surface area contributed by atoms with Gasteiger partial charge in [0.25, 0.3) is 0 Å². The van der Waals surface area contributed by atoms with Crippen LogP contribution in [0.3, 0.4) is 0 Å². The summed E-state index contributed by atoms with van der Waals surface area (Å²) in [5, 5.41) is 4.08. The van der Waals surface area contributed by atoms with E-state index in [1.165, 1.54) is 0 Å². The highest BCUT2D eigenvalue weighted by Gasteiger charge is 2.00. The van der Waals surface area contributed by atoms with E-state index in [0.717, 1.165) is 16.7 Å². The highest BCUT2D eigenvalue weighted by molar-refractivity contribution is 6.16. The summed E-state index contributed by atoms with van der Waals surface area (Å²) < 4.78 is 1.79. The molecule has 0 amide bonds. The minimum absolute atomic E-state index is 0.449. The van der Waals surface area contributed by atoms with Gasteiger partial charge in [0.05, 0.1) is 23.3 Å². The second kappa shape index (κ2) is 2.75. The third-order valence-corrected chi connectivity index (χ3v) is 2.07. The zero-order chi connectivity index (χ0) is 8.55. The maximum atomic E-state index is 5.64. The zero-order valence-electron chi connectivity index (χ0n) is 6.66. The Balaban J connectivity index is 2.69. The molecule has 0 spiro atoms. The molecule has 0 saturated heterocycles. The molecule has 4 heteroatoms. The van der Waals surface area contributed by atoms with Crippen molar-refractivity contribution >= 4 is 22.6 Å². The minimum atomic E-state index is 0.449. The van der Waals surface area contributed by atoms with Gasteiger partial charge in [-0.2, -0.15) is 5.10 Å². The van der Waals surface area contributed by atoms with Crippen molar-refractivity contribution in [1.82, 2.24) is 14.8 Å². The summed E-state index contributed by atoms with van der Waals surface area (Å²) in [5.41, 5.74) is 2.82. The molecule has 0 fully saturated rings. The molecular weight excluding hydrogens is 174 g/mol. The maximum Gasteiger partial charge on any atom is 0.109 e. The topological polar surface area (TPSA) is 30.7 Å². The van der Waals surface area contributed by atoms with Gasteiger partial charge in [-0.25, -0.2) is 4.98 Å². The van der Waals surface area contributed by atoms with E-state index in [9.17, 15) is 0 Å². The van der Waals surface area contributed by atoms with Crippen LogP contribution in [0.5, 0.6) is 0 Å². The molecule has 2 rings (SSSR count). The van der Waals surface area contributed by atoms with Gasteiger partial charge >= 0.3 is 0 Å². The number of aryl methyl sites for hydroxylation is 1. The van der Waals surface area contributed by atoms with E-state index in [4.69, 9.17) is 11.6 Å². The number of halogens is 1. The quantitative estimate of drug-likeness (QED) is 0.627. The molecule has 3 nitrogen and oxygen atoms in total. The number of fused-ring (bicyclic) bond motifs is 1. The van der Waals surface area contributed by atoms with Gasteiger partial charge in [0.1, 0.15) is 5.52 Å². The lowest BCUT2D eigenvalue weighted by atomic mass is 10.3. The van der Waals surface area contributed by atoms with Gasteiger partial charge in [-0.3, -0.25) is 4.68 Å². The van der Waals surface area contributed by atoms with Crippen LogP contribution in [-0.2, 0) is 12.9 Å². The number of hydrogen-bond donors (Lipinski definition) is 0. The predicted octanol–water partition coefficient (Wildman–Crippen LogP) is 1.71. The van der Waals surface area contributed by atoms with E-state index in [0.29, 0.717) is 5.88 Å². The fourth-order valence-electron chi connectivity index (χ4n) is 1.16. The summed E-state index contributed by atoms with van der Waals surface area (Å²) in [4.78, 5) is 4.30. The first-order valence-corrected chi connectivity index (χ1v) is 4.18. The van der Waals surface area contributed by atoms with E-state index in [1.54, 1.807) is 10.9 Å². The number of pyridine rings is 1. The number of aromatic nitrogens is 3. The molecule has 0 radical (unpaired) electrons. The van der Waals surface area contributed by atoms with Crippen LogP contribution in [-0.4, -0.2) is 14.8 Å². The molecule has 12 heavy (non-hydrogen) atoms. The Labute approximate surface area is 75.0 Å². The summed E-state index contributed by atoms with van der Waals surface area (Å²) in [6.07, 6.45) is 1.74. The van der Waals surface area contributed by atoms with Crippen molar-refractivity contribution in [3.05, 3.63) is 24.0 Å². The van der Waals surface area contributed by atoms with Crippen molar-refractivity contribution in [2.45, 2.75) is 5.88 Å². The smallest absolute Gasteiger partial charge is 0.109 e. The van der Waals surface area contributed by atoms with Crippen molar-refractivity contribution in [2.24, 2.45) is 7.05 Å². The van der Waals surface area contributed by atoms with Gasteiger partial charge in [0, 0.05) is 7.05 Å². The first-order valence-electron chi connectivity index (χ1n) is 3.65. The van der Waals surface area contributed by atoms with Crippen LogP contribution in [0.1, 0.15) is 5.69 Å². The Morgan fingerprint density at radius 2 is 2.33 bits per heavy atom. The molecule has 0 aromatic carbocycles. The Hall–Kier alpha value is -1.09. The lowest BCUT2D eigenvalue weighted by Gasteiger charge is -1.95. The summed E-state index contributed by atoms with van der Waals surface area (Å²) >= 11 is 5.64. The van der Waals surface area contributed by atoms with Crippen LogP contribution in [0.15, 0.2) is 18.3 Å². The molecule has 0 aliphatic rings. The number of nitrogens with zero attached hydrogens (tertiary/aromatic N) is 3. The van der Waals surface area contributed by atoms with Crippen molar-refractivity contribution in [1.29, 1.82) is 0 Å². The molecular formula is C8H8ClN3. The maximum absolute atomic E-state index is 5.64. The molecule has 2 heterocycles. The number of rotatable bonds is 1. The molecule has 0 saturated carbocycles. The highest BCUT2D eigenvalue weighted by atomic mass is 35.5. The molecule has 0 atom stereocenters. The van der Waals surface area contributed by atoms with Crippen LogP contribution in [0.4, 0.5) is 0 Å². The Morgan fingerprint density at radius 3 is 3.08 bits per heavy atom. The fourth-order valence-corrected chi connectivity index (χ4v) is 1.31. The third-order valence-electron chi connectivity index (χ3n) is 1.80. The molecule has 2 aromatic heterocycles. The third kappa shape index (κ3) is 1.06. The molecule has 0 bridgehead atoms. The van der Waals surface area contributed by atoms with E-state index >= 15 is 0 Å². The normalized spacial score (nSPS) is 10.8. The lowest BCUT2D eigenvalue weighted by Crippen LogP contribution is -1.90. The van der Waals surface area contributed by atoms with Crippen LogP contribution in [0.2, 0.25) is 0 Å². The van der Waals surface area contributed by atoms with Gasteiger partial charge in [0.2, 0.25) is 0 Å². The van der Waals surface area contributed by atoms with Gasteiger partial charge < -0.3 is 0 Å². The highest BCUT2D eigenvalue weighted by Crippen LogP contribution is 2.11. The van der Waals surface area contributed by atoms with E-state index in [1.807, 2.05) is 19.2 Å². The second-order valence-electron chi connectivity index (χ2n) is 2.61. The predicted molar refractivity (Wildman–Crippen MR) is 48.1 cm³/mol. The van der Waals surface area contributed by atoms with E-state index < -0.39 is 0 Å². The summed E-state index contributed by atoms with van der Waals surface area (Å²) in [6, 6.07) is 3.89. The average Bonchev–Trinajstić information content (AvgIpc) is 2.47. The van der Waals surface area contributed by atoms with Crippen molar-refractivity contribution in [3.8, 4) is 0 Å². The summed E-state index contributed by atoms with van der Waals surface area (Å²) in [6.45, 7) is 0. The standard InChI is InChI=1S/C8H8ClN3/c1-12-8-3-2-6(4-9)11-7(8)5-10-12/h2-3,5H,4H2,1H3. The molecule has 0 unspecified atom stereocenters. The van der Waals surface area contributed by atoms with Crippen LogP contribution < -0.4 is 0 Å². The molecule has 0 aliphatic heterocycles. The van der Waals surface area contributed by atoms with Crippen LogP contribution >= 0.6 is 11.6 Å². The average molecular weight is 182 g/mol. The van der Waals surface area contributed by atoms with Crippen molar-refractivity contribution in [2.75, 3.05) is 0 Å². The summed E-state index contributed by atoms with van der Waals surface area (Å²) in [7, 11) is 1.89. The van der Waals surface area contributed by atoms with E-state index in [2.05, 4.69) is 10.1 Å². The number of alkyl halides is 1. The fraction of sp³-hybridized carbons (Fsp3) is 0.250. The molecule has 2 aromatic rings. The first kappa shape index (κ1) is 7.55. The van der Waals surface area contributed by atoms with Crippen LogP contribution in [0.25, 0.3) is 11.0 Å². The number of hydrogen-bond acceptors (Lipinski definition) is 2. The van der Waals surface area contributed by atoms with Crippen molar-refractivity contribution < 1.29 is 0 Å². The Bertz CT molecular complexity index is 408. The minimum Gasteiger partial charge on any atom is -0.266 e. The van der Waals surface area contributed by atoms with Crippen molar-refractivity contribution in [3.63, 3.8) is 0 Å². The molecule has 62 valence electrons. The Morgan fingerprint density at radius 1 is 1.50 bits per heavy atom. The largest absolute Gasteiger partial charge is 0.266 e. The molecule has 0 aliphatic carbocycles. The van der Waals surface area contributed by atoms with Gasteiger partial charge in [-0.05, 0) is 12.1 Å². The second-order valence-corrected chi connectivity index (χ2v) is 2.88. The lowest BCUT2D eigenvalue weighted by molar-refractivity contribution is 0.797. The Kier molecular flexibility index (Phi) is 1.73. The van der Waals surface area contributed by atoms with Gasteiger partial charge in [-0.15, -0.1) is 11.6 Å².